The molecule has 0 bridgehead atoms. The largest absolute Gasteiger partial charge is 0.489 e. The summed E-state index contributed by atoms with van der Waals surface area (Å²) in [5.74, 6) is 0.318. The van der Waals surface area contributed by atoms with Crippen molar-refractivity contribution < 1.29 is 13.9 Å². The van der Waals surface area contributed by atoms with E-state index < -0.39 is 0 Å². The second kappa shape index (κ2) is 9.06. The minimum absolute atomic E-state index is 0.203. The first-order chi connectivity index (χ1) is 14.5. The smallest absolute Gasteiger partial charge is 0.268 e. The number of rotatable bonds is 7. The quantitative estimate of drug-likeness (QED) is 0.436. The van der Waals surface area contributed by atoms with Crippen LogP contribution in [-0.4, -0.2) is 20.7 Å². The van der Waals surface area contributed by atoms with Crippen molar-refractivity contribution in [2.45, 2.75) is 13.2 Å². The van der Waals surface area contributed by atoms with E-state index in [1.165, 1.54) is 29.8 Å². The maximum atomic E-state index is 13.0. The number of ether oxygens (including phenoxy) is 1. The Hall–Kier alpha value is -3.23. The Morgan fingerprint density at radius 1 is 1.13 bits per heavy atom. The van der Waals surface area contributed by atoms with Crippen LogP contribution in [0.2, 0.25) is 5.02 Å². The van der Waals surface area contributed by atoms with Crippen molar-refractivity contribution >= 4 is 34.8 Å². The minimum Gasteiger partial charge on any atom is -0.489 e. The molecule has 30 heavy (non-hydrogen) atoms. The van der Waals surface area contributed by atoms with Gasteiger partial charge in [0.25, 0.3) is 5.91 Å². The van der Waals surface area contributed by atoms with E-state index in [2.05, 4.69) is 15.4 Å². The molecule has 2 heterocycles. The van der Waals surface area contributed by atoms with Crippen LogP contribution in [0, 0.1) is 5.82 Å². The van der Waals surface area contributed by atoms with E-state index in [0.29, 0.717) is 28.8 Å². The molecule has 0 aliphatic rings. The number of carbonyl (C=O) groups excluding carboxylic acids is 1. The van der Waals surface area contributed by atoms with Gasteiger partial charge in [0.2, 0.25) is 5.95 Å². The number of hydrogen-bond donors (Lipinski definition) is 1. The number of nitrogens with one attached hydrogen (secondary N) is 1. The third kappa shape index (κ3) is 5.22. The maximum Gasteiger partial charge on any atom is 0.268 e. The molecule has 0 aliphatic heterocycles. The normalized spacial score (nSPS) is 10.7. The summed E-state index contributed by atoms with van der Waals surface area (Å²) >= 11 is 7.17. The average molecular weight is 443 g/mol. The van der Waals surface area contributed by atoms with Crippen molar-refractivity contribution in [3.63, 3.8) is 0 Å². The van der Waals surface area contributed by atoms with Gasteiger partial charge >= 0.3 is 0 Å². The van der Waals surface area contributed by atoms with E-state index in [1.807, 2.05) is 5.38 Å². The third-order valence-corrected chi connectivity index (χ3v) is 5.35. The van der Waals surface area contributed by atoms with Crippen LogP contribution in [0.4, 0.5) is 10.3 Å². The molecule has 1 N–H and O–H groups in total. The van der Waals surface area contributed by atoms with E-state index in [0.717, 1.165) is 11.1 Å². The van der Waals surface area contributed by atoms with Crippen LogP contribution < -0.4 is 10.1 Å². The maximum absolute atomic E-state index is 13.0. The van der Waals surface area contributed by atoms with Crippen LogP contribution in [0.3, 0.4) is 0 Å². The van der Waals surface area contributed by atoms with Crippen LogP contribution in [0.5, 0.6) is 5.75 Å². The van der Waals surface area contributed by atoms with Crippen molar-refractivity contribution in [1.29, 1.82) is 0 Å². The van der Waals surface area contributed by atoms with Gasteiger partial charge in [-0.2, -0.15) is 0 Å². The van der Waals surface area contributed by atoms with Gasteiger partial charge < -0.3 is 4.74 Å². The molecule has 1 amide bonds. The standard InChI is InChI=1S/C21H16ClFN4O2S/c22-16-3-7-18(8-4-16)29-11-15-9-19(30-12-15)20(28)25-21-24-13-27(26-21)10-14-1-5-17(23)6-2-14/h1-9,12-13H,10-11H2,(H,25,26,28). The van der Waals surface area contributed by atoms with E-state index >= 15 is 0 Å². The molecule has 0 spiro atoms. The zero-order chi connectivity index (χ0) is 20.9. The lowest BCUT2D eigenvalue weighted by molar-refractivity contribution is 0.102. The van der Waals surface area contributed by atoms with Gasteiger partial charge in [-0.3, -0.25) is 10.1 Å². The van der Waals surface area contributed by atoms with Gasteiger partial charge in [0, 0.05) is 10.6 Å². The molecule has 4 aromatic rings. The molecule has 0 aliphatic carbocycles. The van der Waals surface area contributed by atoms with Crippen LogP contribution in [0.15, 0.2) is 66.3 Å². The molecule has 152 valence electrons. The SMILES string of the molecule is O=C(Nc1ncn(Cc2ccc(F)cc2)n1)c1cc(COc2ccc(Cl)cc2)cs1. The zero-order valence-corrected chi connectivity index (χ0v) is 17.2. The molecule has 0 saturated carbocycles. The number of carbonyl (C=O) groups is 1. The van der Waals surface area contributed by atoms with Gasteiger partial charge in [-0.1, -0.05) is 23.7 Å². The Morgan fingerprint density at radius 3 is 2.67 bits per heavy atom. The molecule has 9 heteroatoms. The summed E-state index contributed by atoms with van der Waals surface area (Å²) in [4.78, 5) is 17.1. The van der Waals surface area contributed by atoms with E-state index in [1.54, 1.807) is 47.1 Å². The average Bonchev–Trinajstić information content (AvgIpc) is 3.39. The molecule has 0 atom stereocenters. The van der Waals surface area contributed by atoms with Crippen LogP contribution in [-0.2, 0) is 13.2 Å². The second-order valence-corrected chi connectivity index (χ2v) is 7.76. The Kier molecular flexibility index (Phi) is 6.06. The lowest BCUT2D eigenvalue weighted by Gasteiger charge is -2.04. The Balaban J connectivity index is 1.32. The molecule has 6 nitrogen and oxygen atoms in total. The summed E-state index contributed by atoms with van der Waals surface area (Å²) in [6, 6.07) is 15.0. The predicted octanol–water partition coefficient (Wildman–Crippen LogP) is 5.01. The number of amides is 1. The highest BCUT2D eigenvalue weighted by Gasteiger charge is 2.12. The highest BCUT2D eigenvalue weighted by Crippen LogP contribution is 2.20. The Labute approximate surface area is 180 Å². The number of nitrogens with zero attached hydrogens (tertiary/aromatic N) is 3. The molecule has 0 fully saturated rings. The summed E-state index contributed by atoms with van der Waals surface area (Å²) in [6.07, 6.45) is 1.51. The number of anilines is 1. The number of aromatic nitrogens is 3. The summed E-state index contributed by atoms with van der Waals surface area (Å²) in [5, 5.41) is 9.42. The van der Waals surface area contributed by atoms with Crippen molar-refractivity contribution in [3.05, 3.63) is 93.1 Å². The van der Waals surface area contributed by atoms with Crippen LogP contribution in [0.1, 0.15) is 20.8 Å². The number of thiophene rings is 1. The molecular formula is C21H16ClFN4O2S. The van der Waals surface area contributed by atoms with Crippen LogP contribution in [0.25, 0.3) is 0 Å². The molecule has 0 radical (unpaired) electrons. The summed E-state index contributed by atoms with van der Waals surface area (Å²) in [7, 11) is 0. The highest BCUT2D eigenvalue weighted by atomic mass is 35.5. The molecule has 2 aromatic carbocycles. The third-order valence-electron chi connectivity index (χ3n) is 4.12. The summed E-state index contributed by atoms with van der Waals surface area (Å²) in [6.45, 7) is 0.768. The highest BCUT2D eigenvalue weighted by molar-refractivity contribution is 7.12. The van der Waals surface area contributed by atoms with E-state index in [-0.39, 0.29) is 17.7 Å². The minimum atomic E-state index is -0.294. The molecule has 0 saturated heterocycles. The second-order valence-electron chi connectivity index (χ2n) is 6.41. The summed E-state index contributed by atoms with van der Waals surface area (Å²) in [5.41, 5.74) is 1.76. The lowest BCUT2D eigenvalue weighted by atomic mass is 10.2. The predicted molar refractivity (Wildman–Crippen MR) is 114 cm³/mol. The molecule has 4 rings (SSSR count). The molecule has 2 aromatic heterocycles. The lowest BCUT2D eigenvalue weighted by Crippen LogP contribution is -2.12. The molecular weight excluding hydrogens is 427 g/mol. The van der Waals surface area contributed by atoms with Crippen molar-refractivity contribution in [2.75, 3.05) is 5.32 Å². The van der Waals surface area contributed by atoms with Gasteiger partial charge in [0.15, 0.2) is 0 Å². The van der Waals surface area contributed by atoms with Gasteiger partial charge in [0.1, 0.15) is 24.5 Å². The fourth-order valence-electron chi connectivity index (χ4n) is 2.64. The Bertz CT molecular complexity index is 1140. The van der Waals surface area contributed by atoms with Crippen molar-refractivity contribution in [3.8, 4) is 5.75 Å². The van der Waals surface area contributed by atoms with Gasteiger partial charge in [-0.05, 0) is 53.4 Å². The van der Waals surface area contributed by atoms with Crippen molar-refractivity contribution in [1.82, 2.24) is 14.8 Å². The fraction of sp³-hybridized carbons (Fsp3) is 0.0952. The first-order valence-corrected chi connectivity index (χ1v) is 10.2. The first kappa shape index (κ1) is 20.1. The first-order valence-electron chi connectivity index (χ1n) is 8.96. The monoisotopic (exact) mass is 442 g/mol. The number of halogens is 2. The van der Waals surface area contributed by atoms with E-state index in [9.17, 15) is 9.18 Å². The topological polar surface area (TPSA) is 69.0 Å². The van der Waals surface area contributed by atoms with Gasteiger partial charge in [-0.15, -0.1) is 16.4 Å². The number of benzene rings is 2. The van der Waals surface area contributed by atoms with Crippen molar-refractivity contribution in [2.24, 2.45) is 0 Å². The fourth-order valence-corrected chi connectivity index (χ4v) is 3.55. The van der Waals surface area contributed by atoms with E-state index in [4.69, 9.17) is 16.3 Å². The van der Waals surface area contributed by atoms with Gasteiger partial charge in [0.05, 0.1) is 11.4 Å². The van der Waals surface area contributed by atoms with Gasteiger partial charge in [-0.25, -0.2) is 14.1 Å². The molecule has 0 unspecified atom stereocenters. The summed E-state index contributed by atoms with van der Waals surface area (Å²) < 4.78 is 20.3. The van der Waals surface area contributed by atoms with Crippen LogP contribution >= 0.6 is 22.9 Å². The Morgan fingerprint density at radius 2 is 1.90 bits per heavy atom. The number of hydrogen-bond acceptors (Lipinski definition) is 5. The zero-order valence-electron chi connectivity index (χ0n) is 15.6.